The second kappa shape index (κ2) is 5.06. The Bertz CT molecular complexity index is 266. The number of aliphatic hydroxyl groups is 1. The zero-order valence-electron chi connectivity index (χ0n) is 8.15. The third-order valence-corrected chi connectivity index (χ3v) is 3.28. The Morgan fingerprint density at radius 3 is 2.64 bits per heavy atom. The Morgan fingerprint density at radius 1 is 1.43 bits per heavy atom. The topological polar surface area (TPSA) is 92.4 Å². The Labute approximate surface area is 84.7 Å². The number of nitrogens with one attached hydrogen (secondary N) is 1. The molecule has 1 saturated carbocycles. The van der Waals surface area contributed by atoms with E-state index in [1.165, 1.54) is 0 Å². The van der Waals surface area contributed by atoms with Crippen molar-refractivity contribution >= 4 is 10.0 Å². The number of rotatable bonds is 5. The van der Waals surface area contributed by atoms with Crippen LogP contribution in [0.4, 0.5) is 0 Å². The van der Waals surface area contributed by atoms with Gasteiger partial charge in [-0.1, -0.05) is 0 Å². The maximum atomic E-state index is 10.6. The molecular weight excluding hydrogens is 204 g/mol. The number of sulfonamides is 1. The van der Waals surface area contributed by atoms with E-state index < -0.39 is 10.0 Å². The van der Waals surface area contributed by atoms with Crippen LogP contribution in [-0.2, 0) is 10.0 Å². The van der Waals surface area contributed by atoms with Gasteiger partial charge in [-0.05, 0) is 31.7 Å². The van der Waals surface area contributed by atoms with Crippen LogP contribution < -0.4 is 10.5 Å². The van der Waals surface area contributed by atoms with Crippen molar-refractivity contribution in [3.8, 4) is 0 Å². The molecule has 0 amide bonds. The van der Waals surface area contributed by atoms with Crippen LogP contribution in [0.25, 0.3) is 0 Å². The lowest BCUT2D eigenvalue weighted by Gasteiger charge is -2.09. The van der Waals surface area contributed by atoms with Gasteiger partial charge in [-0.3, -0.25) is 0 Å². The van der Waals surface area contributed by atoms with E-state index in [4.69, 9.17) is 5.14 Å². The summed E-state index contributed by atoms with van der Waals surface area (Å²) in [6.07, 6.45) is 2.54. The fourth-order valence-corrected chi connectivity index (χ4v) is 2.18. The van der Waals surface area contributed by atoms with Crippen LogP contribution in [-0.4, -0.2) is 38.5 Å². The third kappa shape index (κ3) is 4.90. The van der Waals surface area contributed by atoms with Gasteiger partial charge in [0.1, 0.15) is 0 Å². The lowest BCUT2D eigenvalue weighted by atomic mass is 10.1. The first-order valence-electron chi connectivity index (χ1n) is 4.86. The van der Waals surface area contributed by atoms with Crippen molar-refractivity contribution in [2.45, 2.75) is 25.4 Å². The van der Waals surface area contributed by atoms with Crippen molar-refractivity contribution in [2.75, 3.05) is 18.8 Å². The first-order chi connectivity index (χ1) is 6.47. The van der Waals surface area contributed by atoms with E-state index in [1.807, 2.05) is 0 Å². The summed E-state index contributed by atoms with van der Waals surface area (Å²) in [7, 11) is -3.34. The minimum atomic E-state index is -3.34. The average Bonchev–Trinajstić information content (AvgIpc) is 2.44. The minimum Gasteiger partial charge on any atom is -0.393 e. The molecule has 4 N–H and O–H groups in total. The Kier molecular flexibility index (Phi) is 4.31. The maximum absolute atomic E-state index is 10.6. The van der Waals surface area contributed by atoms with Crippen LogP contribution in [0.1, 0.15) is 19.3 Å². The highest BCUT2D eigenvalue weighted by atomic mass is 32.2. The summed E-state index contributed by atoms with van der Waals surface area (Å²) in [5.74, 6) is 0.452. The van der Waals surface area contributed by atoms with Crippen molar-refractivity contribution in [1.29, 1.82) is 0 Å². The monoisotopic (exact) mass is 222 g/mol. The van der Waals surface area contributed by atoms with Crippen molar-refractivity contribution in [2.24, 2.45) is 11.1 Å². The van der Waals surface area contributed by atoms with E-state index in [1.54, 1.807) is 0 Å². The van der Waals surface area contributed by atoms with Crippen LogP contribution in [0.15, 0.2) is 0 Å². The molecule has 0 heterocycles. The maximum Gasteiger partial charge on any atom is 0.210 e. The predicted octanol–water partition coefficient (Wildman–Crippen LogP) is -0.974. The summed E-state index contributed by atoms with van der Waals surface area (Å²) in [6.45, 7) is 1.16. The molecule has 5 nitrogen and oxygen atoms in total. The zero-order valence-corrected chi connectivity index (χ0v) is 8.96. The van der Waals surface area contributed by atoms with Gasteiger partial charge in [-0.25, -0.2) is 13.6 Å². The summed E-state index contributed by atoms with van der Waals surface area (Å²) in [4.78, 5) is 0. The molecule has 6 heteroatoms. The van der Waals surface area contributed by atoms with Crippen LogP contribution in [0, 0.1) is 5.92 Å². The molecule has 0 radical (unpaired) electrons. The van der Waals surface area contributed by atoms with E-state index in [9.17, 15) is 13.5 Å². The van der Waals surface area contributed by atoms with Gasteiger partial charge in [-0.15, -0.1) is 0 Å². The van der Waals surface area contributed by atoms with Crippen LogP contribution >= 0.6 is 0 Å². The fourth-order valence-electron chi connectivity index (χ4n) is 1.75. The number of aliphatic hydroxyl groups excluding tert-OH is 1. The molecule has 1 aliphatic carbocycles. The van der Waals surface area contributed by atoms with Gasteiger partial charge in [-0.2, -0.15) is 0 Å². The molecule has 0 aliphatic heterocycles. The highest BCUT2D eigenvalue weighted by molar-refractivity contribution is 7.89. The van der Waals surface area contributed by atoms with Gasteiger partial charge in [0.05, 0.1) is 11.9 Å². The number of hydrogen-bond donors (Lipinski definition) is 3. The Morgan fingerprint density at radius 2 is 2.14 bits per heavy atom. The molecule has 0 spiro atoms. The van der Waals surface area contributed by atoms with E-state index in [-0.39, 0.29) is 11.9 Å². The molecule has 0 aromatic heterocycles. The molecule has 0 aromatic rings. The lowest BCUT2D eigenvalue weighted by molar-refractivity contribution is 0.177. The second-order valence-electron chi connectivity index (χ2n) is 3.90. The molecule has 0 saturated heterocycles. The van der Waals surface area contributed by atoms with Crippen molar-refractivity contribution in [3.05, 3.63) is 0 Å². The van der Waals surface area contributed by atoms with Crippen molar-refractivity contribution in [1.82, 2.24) is 5.32 Å². The highest BCUT2D eigenvalue weighted by Gasteiger charge is 2.21. The van der Waals surface area contributed by atoms with E-state index in [0.29, 0.717) is 12.5 Å². The van der Waals surface area contributed by atoms with Gasteiger partial charge in [0, 0.05) is 6.54 Å². The summed E-state index contributed by atoms with van der Waals surface area (Å²) >= 11 is 0. The molecule has 0 aromatic carbocycles. The minimum absolute atomic E-state index is 0.0255. The fraction of sp³-hybridized carbons (Fsp3) is 1.00. The molecular formula is C8H18N2O3S. The van der Waals surface area contributed by atoms with Gasteiger partial charge >= 0.3 is 0 Å². The first-order valence-corrected chi connectivity index (χ1v) is 6.58. The highest BCUT2D eigenvalue weighted by Crippen LogP contribution is 2.24. The summed E-state index contributed by atoms with van der Waals surface area (Å²) in [5, 5.41) is 17.1. The van der Waals surface area contributed by atoms with Gasteiger partial charge < -0.3 is 10.4 Å². The normalized spacial score (nSPS) is 28.1. The lowest BCUT2D eigenvalue weighted by Crippen LogP contribution is -2.30. The molecule has 1 aliphatic rings. The predicted molar refractivity (Wildman–Crippen MR) is 54.2 cm³/mol. The number of nitrogens with two attached hydrogens (primary N) is 1. The molecule has 2 atom stereocenters. The number of primary sulfonamides is 1. The zero-order chi connectivity index (χ0) is 10.6. The van der Waals surface area contributed by atoms with Crippen molar-refractivity contribution < 1.29 is 13.5 Å². The largest absolute Gasteiger partial charge is 0.393 e. The molecule has 0 bridgehead atoms. The SMILES string of the molecule is NS(=O)(=O)CCNCC1CCC(O)C1. The van der Waals surface area contributed by atoms with Crippen LogP contribution in [0.5, 0.6) is 0 Å². The molecule has 14 heavy (non-hydrogen) atoms. The molecule has 2 unspecified atom stereocenters. The Balaban J connectivity index is 2.05. The van der Waals surface area contributed by atoms with E-state index in [0.717, 1.165) is 25.8 Å². The van der Waals surface area contributed by atoms with Gasteiger partial charge in [0.25, 0.3) is 0 Å². The quantitative estimate of drug-likeness (QED) is 0.522. The van der Waals surface area contributed by atoms with Crippen molar-refractivity contribution in [3.63, 3.8) is 0 Å². The summed E-state index contributed by atoms with van der Waals surface area (Å²) < 4.78 is 21.2. The average molecular weight is 222 g/mol. The van der Waals surface area contributed by atoms with E-state index >= 15 is 0 Å². The standard InChI is InChI=1S/C8H18N2O3S/c9-14(12,13)4-3-10-6-7-1-2-8(11)5-7/h7-8,10-11H,1-6H2,(H2,9,12,13). The molecule has 1 fully saturated rings. The van der Waals surface area contributed by atoms with Crippen LogP contribution in [0.2, 0.25) is 0 Å². The van der Waals surface area contributed by atoms with Gasteiger partial charge in [0.15, 0.2) is 0 Å². The molecule has 1 rings (SSSR count). The van der Waals surface area contributed by atoms with E-state index in [2.05, 4.69) is 5.32 Å². The van der Waals surface area contributed by atoms with Crippen LogP contribution in [0.3, 0.4) is 0 Å². The Hall–Kier alpha value is -0.170. The first kappa shape index (κ1) is 11.9. The molecule has 84 valence electrons. The second-order valence-corrected chi connectivity index (χ2v) is 5.64. The summed E-state index contributed by atoms with van der Waals surface area (Å²) in [5.41, 5.74) is 0. The number of hydrogen-bond acceptors (Lipinski definition) is 4. The smallest absolute Gasteiger partial charge is 0.210 e. The third-order valence-electron chi connectivity index (χ3n) is 2.51. The van der Waals surface area contributed by atoms with Gasteiger partial charge in [0.2, 0.25) is 10.0 Å². The summed E-state index contributed by atoms with van der Waals surface area (Å²) in [6, 6.07) is 0.